The van der Waals surface area contributed by atoms with Crippen molar-refractivity contribution in [1.82, 2.24) is 9.24 Å². The molecule has 5 aromatic rings. The van der Waals surface area contributed by atoms with Crippen LogP contribution in [0.15, 0.2) is 94.3 Å². The molecular weight excluding hydrogens is 494 g/mol. The summed E-state index contributed by atoms with van der Waals surface area (Å²) < 4.78 is 4.01. The van der Waals surface area contributed by atoms with Crippen LogP contribution < -0.4 is 4.80 Å². The fourth-order valence-corrected chi connectivity index (χ4v) is 5.16. The highest BCUT2D eigenvalue weighted by molar-refractivity contribution is 7.07. The predicted molar refractivity (Wildman–Crippen MR) is 154 cm³/mol. The fourth-order valence-electron chi connectivity index (χ4n) is 4.30. The number of nitrogens with zero attached hydrogens (tertiary/aromatic N) is 5. The molecule has 5 rings (SSSR count). The minimum absolute atomic E-state index is 0.0483. The van der Waals surface area contributed by atoms with Crippen LogP contribution in [0.3, 0.4) is 0 Å². The molecule has 190 valence electrons. The number of non-ortho nitro benzene ring substituents is 1. The van der Waals surface area contributed by atoms with Crippen LogP contribution in [0.4, 0.5) is 11.4 Å². The minimum Gasteiger partial charge on any atom is -0.318 e. The molecule has 0 aliphatic carbocycles. The zero-order chi connectivity index (χ0) is 26.8. The molecule has 0 spiro atoms. The van der Waals surface area contributed by atoms with E-state index in [2.05, 4.69) is 55.7 Å². The van der Waals surface area contributed by atoms with Crippen molar-refractivity contribution < 1.29 is 4.92 Å². The number of rotatable bonds is 6. The second-order valence-corrected chi connectivity index (χ2v) is 10.0. The summed E-state index contributed by atoms with van der Waals surface area (Å²) in [7, 11) is 0. The van der Waals surface area contributed by atoms with E-state index in [4.69, 9.17) is 10.1 Å². The Bertz CT molecular complexity index is 1700. The summed E-state index contributed by atoms with van der Waals surface area (Å²) in [6.07, 6.45) is 1.85. The van der Waals surface area contributed by atoms with Gasteiger partial charge in [0.15, 0.2) is 0 Å². The van der Waals surface area contributed by atoms with Crippen molar-refractivity contribution in [1.29, 1.82) is 0 Å². The van der Waals surface area contributed by atoms with E-state index in [9.17, 15) is 10.1 Å². The zero-order valence-electron chi connectivity index (χ0n) is 21.6. The molecule has 0 saturated carbocycles. The normalized spacial score (nSPS) is 11.9. The van der Waals surface area contributed by atoms with Crippen molar-refractivity contribution in [2.24, 2.45) is 10.1 Å². The van der Waals surface area contributed by atoms with E-state index in [1.807, 2.05) is 42.8 Å². The number of aromatic nitrogens is 2. The van der Waals surface area contributed by atoms with Crippen LogP contribution in [-0.4, -0.2) is 20.4 Å². The van der Waals surface area contributed by atoms with E-state index in [1.165, 1.54) is 29.0 Å². The molecule has 0 N–H and O–H groups in total. The Balaban J connectivity index is 1.60. The van der Waals surface area contributed by atoms with E-state index in [0.29, 0.717) is 4.80 Å². The van der Waals surface area contributed by atoms with Gasteiger partial charge in [-0.2, -0.15) is 5.10 Å². The number of hydrogen-bond acceptors (Lipinski definition) is 5. The third kappa shape index (κ3) is 5.12. The maximum absolute atomic E-state index is 11.1. The van der Waals surface area contributed by atoms with E-state index >= 15 is 0 Å². The van der Waals surface area contributed by atoms with Crippen molar-refractivity contribution in [3.05, 3.63) is 127 Å². The van der Waals surface area contributed by atoms with Gasteiger partial charge in [-0.1, -0.05) is 35.4 Å². The van der Waals surface area contributed by atoms with Crippen molar-refractivity contribution in [3.8, 4) is 16.9 Å². The molecule has 0 aliphatic heterocycles. The Labute approximate surface area is 224 Å². The molecule has 0 radical (unpaired) electrons. The summed E-state index contributed by atoms with van der Waals surface area (Å²) in [5.74, 6) is 0. The third-order valence-electron chi connectivity index (χ3n) is 6.39. The van der Waals surface area contributed by atoms with Crippen LogP contribution in [0, 0.1) is 37.8 Å². The molecule has 0 unspecified atom stereocenters. The zero-order valence-corrected chi connectivity index (χ0v) is 22.4. The van der Waals surface area contributed by atoms with Crippen LogP contribution in [0.1, 0.15) is 28.1 Å². The van der Waals surface area contributed by atoms with Crippen LogP contribution in [0.2, 0.25) is 0 Å². The first-order chi connectivity index (χ1) is 18.3. The van der Waals surface area contributed by atoms with Gasteiger partial charge in [0.25, 0.3) is 5.69 Å². The quantitative estimate of drug-likeness (QED) is 0.134. The van der Waals surface area contributed by atoms with Crippen LogP contribution in [0.25, 0.3) is 16.9 Å². The van der Waals surface area contributed by atoms with Gasteiger partial charge >= 0.3 is 0 Å². The second-order valence-electron chi connectivity index (χ2n) is 9.21. The summed E-state index contributed by atoms with van der Waals surface area (Å²) in [4.78, 5) is 16.3. The Hall–Kier alpha value is -4.56. The lowest BCUT2D eigenvalue weighted by Gasteiger charge is -2.10. The lowest BCUT2D eigenvalue weighted by molar-refractivity contribution is -0.384. The summed E-state index contributed by atoms with van der Waals surface area (Å²) in [6, 6.07) is 25.1. The molecule has 0 saturated heterocycles. The number of aryl methyl sites for hydroxylation is 3. The average molecular weight is 522 g/mol. The van der Waals surface area contributed by atoms with E-state index in [0.717, 1.165) is 45.1 Å². The van der Waals surface area contributed by atoms with Crippen LogP contribution >= 0.6 is 11.3 Å². The van der Waals surface area contributed by atoms with Gasteiger partial charge in [-0.3, -0.25) is 10.1 Å². The molecule has 0 bridgehead atoms. The van der Waals surface area contributed by atoms with Gasteiger partial charge in [-0.05, 0) is 70.2 Å². The smallest absolute Gasteiger partial charge is 0.269 e. The SMILES string of the molecule is Cc1ccc(N=c2scc(-c3ccc([N+](=O)[O-])cc3)n2N=Cc2cc(C)n(-c3ccc(C)cc3)c2C)cc1. The lowest BCUT2D eigenvalue weighted by Crippen LogP contribution is -2.11. The van der Waals surface area contributed by atoms with E-state index in [1.54, 1.807) is 16.8 Å². The Morgan fingerprint density at radius 2 is 1.50 bits per heavy atom. The molecule has 38 heavy (non-hydrogen) atoms. The summed E-state index contributed by atoms with van der Waals surface area (Å²) in [6.45, 7) is 8.29. The summed E-state index contributed by atoms with van der Waals surface area (Å²) in [5.41, 5.74) is 9.18. The van der Waals surface area contributed by atoms with Gasteiger partial charge < -0.3 is 4.57 Å². The average Bonchev–Trinajstić information content (AvgIpc) is 3.43. The van der Waals surface area contributed by atoms with Gasteiger partial charge in [0, 0.05) is 45.7 Å². The first kappa shape index (κ1) is 25.1. The largest absolute Gasteiger partial charge is 0.318 e. The summed E-state index contributed by atoms with van der Waals surface area (Å²) in [5, 5.41) is 18.0. The van der Waals surface area contributed by atoms with Crippen molar-refractivity contribution in [2.45, 2.75) is 27.7 Å². The first-order valence-electron chi connectivity index (χ1n) is 12.2. The standard InChI is InChI=1S/C30H27N5O2S/c1-20-5-11-26(12-6-20)32-30-34(29(19-38-30)24-9-15-28(16-10-24)35(36)37)31-18-25-17-22(3)33(23(25)4)27-13-7-21(2)8-14-27/h5-19H,1-4H3. The monoisotopic (exact) mass is 521 g/mol. The van der Waals surface area contributed by atoms with Crippen molar-refractivity contribution in [2.75, 3.05) is 0 Å². The van der Waals surface area contributed by atoms with Crippen molar-refractivity contribution >= 4 is 28.9 Å². The van der Waals surface area contributed by atoms with Gasteiger partial charge in [0.05, 0.1) is 22.5 Å². The number of thiazole rings is 1. The van der Waals surface area contributed by atoms with Gasteiger partial charge in [-0.15, -0.1) is 11.3 Å². The molecule has 0 fully saturated rings. The van der Waals surface area contributed by atoms with Gasteiger partial charge in [0.1, 0.15) is 0 Å². The number of nitro benzene ring substituents is 1. The van der Waals surface area contributed by atoms with Crippen molar-refractivity contribution in [3.63, 3.8) is 0 Å². The maximum atomic E-state index is 11.1. The highest BCUT2D eigenvalue weighted by atomic mass is 32.1. The molecule has 0 atom stereocenters. The summed E-state index contributed by atoms with van der Waals surface area (Å²) >= 11 is 1.47. The highest BCUT2D eigenvalue weighted by Crippen LogP contribution is 2.25. The van der Waals surface area contributed by atoms with E-state index in [-0.39, 0.29) is 5.69 Å². The molecule has 7 nitrogen and oxygen atoms in total. The molecule has 3 aromatic carbocycles. The predicted octanol–water partition coefficient (Wildman–Crippen LogP) is 7.26. The Morgan fingerprint density at radius 3 is 2.13 bits per heavy atom. The molecular formula is C30H27N5O2S. The molecule has 0 amide bonds. The maximum Gasteiger partial charge on any atom is 0.269 e. The first-order valence-corrected chi connectivity index (χ1v) is 13.1. The molecule has 2 aromatic heterocycles. The Kier molecular flexibility index (Phi) is 6.89. The topological polar surface area (TPSA) is 77.7 Å². The minimum atomic E-state index is -0.397. The molecule has 0 aliphatic rings. The fraction of sp³-hybridized carbons (Fsp3) is 0.133. The lowest BCUT2D eigenvalue weighted by atomic mass is 10.1. The van der Waals surface area contributed by atoms with Crippen LogP contribution in [-0.2, 0) is 0 Å². The number of nitro groups is 1. The van der Waals surface area contributed by atoms with E-state index < -0.39 is 4.92 Å². The number of hydrogen-bond donors (Lipinski definition) is 0. The second kappa shape index (κ2) is 10.4. The molecule has 8 heteroatoms. The van der Waals surface area contributed by atoms with Crippen LogP contribution in [0.5, 0.6) is 0 Å². The van der Waals surface area contributed by atoms with Gasteiger partial charge in [-0.25, -0.2) is 9.67 Å². The number of benzene rings is 3. The Morgan fingerprint density at radius 1 is 0.868 bits per heavy atom. The third-order valence-corrected chi connectivity index (χ3v) is 7.21. The highest BCUT2D eigenvalue weighted by Gasteiger charge is 2.13. The van der Waals surface area contributed by atoms with Gasteiger partial charge in [0.2, 0.25) is 4.80 Å². The molecule has 2 heterocycles.